The molecule has 2 aromatic carbocycles. The molecule has 2 aromatic rings. The Morgan fingerprint density at radius 2 is 2.12 bits per heavy atom. The molecule has 16 heavy (non-hydrogen) atoms. The zero-order chi connectivity index (χ0) is 11.3. The predicted molar refractivity (Wildman–Crippen MR) is 65.7 cm³/mol. The summed E-state index contributed by atoms with van der Waals surface area (Å²) in [7, 11) is 0. The molecule has 1 aliphatic heterocycles. The first kappa shape index (κ1) is 9.85. The Bertz CT molecular complexity index is 617. The van der Waals surface area contributed by atoms with Gasteiger partial charge in [-0.05, 0) is 41.5 Å². The summed E-state index contributed by atoms with van der Waals surface area (Å²) < 4.78 is 6.22. The van der Waals surface area contributed by atoms with E-state index in [0.717, 1.165) is 20.8 Å². The highest BCUT2D eigenvalue weighted by molar-refractivity contribution is 9.10. The summed E-state index contributed by atoms with van der Waals surface area (Å²) in [5, 5.41) is 2.25. The molecule has 0 N–H and O–H groups in total. The van der Waals surface area contributed by atoms with Gasteiger partial charge in [-0.15, -0.1) is 0 Å². The Morgan fingerprint density at radius 1 is 1.31 bits per heavy atom. The lowest BCUT2D eigenvalue weighted by Crippen LogP contribution is -2.00. The van der Waals surface area contributed by atoms with Crippen LogP contribution in [-0.2, 0) is 11.2 Å². The number of hydrogen-bond donors (Lipinski definition) is 0. The number of aryl methyl sites for hydroxylation is 1. The molecule has 0 bridgehead atoms. The minimum atomic E-state index is -0.164. The van der Waals surface area contributed by atoms with Crippen LogP contribution >= 0.6 is 15.9 Å². The highest BCUT2D eigenvalue weighted by Gasteiger charge is 2.22. The summed E-state index contributed by atoms with van der Waals surface area (Å²) in [6, 6.07) is 8.02. The number of esters is 1. The quantitative estimate of drug-likeness (QED) is 0.545. The van der Waals surface area contributed by atoms with Gasteiger partial charge in [-0.3, -0.25) is 4.79 Å². The first-order valence-corrected chi connectivity index (χ1v) is 5.87. The van der Waals surface area contributed by atoms with Crippen LogP contribution in [0.1, 0.15) is 11.1 Å². The van der Waals surface area contributed by atoms with Crippen LogP contribution in [0.5, 0.6) is 5.75 Å². The summed E-state index contributed by atoms with van der Waals surface area (Å²) in [5.41, 5.74) is 2.18. The molecule has 0 aromatic heterocycles. The number of hydrogen-bond acceptors (Lipinski definition) is 2. The molecule has 0 radical (unpaired) electrons. The van der Waals surface area contributed by atoms with Gasteiger partial charge in [0.2, 0.25) is 0 Å². The fourth-order valence-electron chi connectivity index (χ4n) is 2.08. The maximum atomic E-state index is 11.3. The monoisotopic (exact) mass is 276 g/mol. The second-order valence-electron chi connectivity index (χ2n) is 4.02. The number of rotatable bonds is 0. The number of carbonyl (C=O) groups excluding carboxylic acids is 1. The molecule has 0 fully saturated rings. The van der Waals surface area contributed by atoms with Crippen LogP contribution in [0.15, 0.2) is 28.7 Å². The first-order chi connectivity index (χ1) is 7.65. The lowest BCUT2D eigenvalue weighted by atomic mass is 10.0. The van der Waals surface area contributed by atoms with Crippen LogP contribution in [0, 0.1) is 6.92 Å². The van der Waals surface area contributed by atoms with E-state index in [1.54, 1.807) is 0 Å². The van der Waals surface area contributed by atoms with Crippen molar-refractivity contribution in [1.82, 2.24) is 0 Å². The third-order valence-corrected chi connectivity index (χ3v) is 3.77. The van der Waals surface area contributed by atoms with E-state index in [1.165, 1.54) is 5.56 Å². The molecule has 3 rings (SSSR count). The van der Waals surface area contributed by atoms with Gasteiger partial charge in [-0.25, -0.2) is 0 Å². The first-order valence-electron chi connectivity index (χ1n) is 5.07. The normalized spacial score (nSPS) is 14.0. The molecular formula is C13H9BrO2. The van der Waals surface area contributed by atoms with E-state index in [4.69, 9.17) is 4.74 Å². The topological polar surface area (TPSA) is 26.3 Å². The third-order valence-electron chi connectivity index (χ3n) is 2.91. The molecule has 0 saturated carbocycles. The fourth-order valence-corrected chi connectivity index (χ4v) is 2.44. The molecule has 1 aliphatic rings. The predicted octanol–water partition coefficient (Wildman–Crippen LogP) is 3.37. The van der Waals surface area contributed by atoms with Crippen LogP contribution in [-0.4, -0.2) is 5.97 Å². The average molecular weight is 277 g/mol. The largest absolute Gasteiger partial charge is 0.426 e. The van der Waals surface area contributed by atoms with Crippen LogP contribution in [0.2, 0.25) is 0 Å². The van der Waals surface area contributed by atoms with Gasteiger partial charge < -0.3 is 4.74 Å². The summed E-state index contributed by atoms with van der Waals surface area (Å²) in [6.07, 6.45) is 0.383. The summed E-state index contributed by atoms with van der Waals surface area (Å²) in [6.45, 7) is 2.04. The number of carbonyl (C=O) groups is 1. The Morgan fingerprint density at radius 3 is 2.94 bits per heavy atom. The molecular weight excluding hydrogens is 268 g/mol. The second-order valence-corrected chi connectivity index (χ2v) is 4.87. The fraction of sp³-hybridized carbons (Fsp3) is 0.154. The van der Waals surface area contributed by atoms with Crippen molar-refractivity contribution in [2.45, 2.75) is 13.3 Å². The van der Waals surface area contributed by atoms with Gasteiger partial charge in [0.05, 0.1) is 6.42 Å². The standard InChI is InChI=1S/C13H9BrO2/c1-7-4-9-8(5-11(7)14)2-3-12-10(9)6-13(15)16-12/h2-5H,6H2,1H3. The van der Waals surface area contributed by atoms with Gasteiger partial charge in [-0.2, -0.15) is 0 Å². The van der Waals surface area contributed by atoms with Crippen LogP contribution < -0.4 is 4.74 Å². The zero-order valence-electron chi connectivity index (χ0n) is 8.71. The number of fused-ring (bicyclic) bond motifs is 3. The SMILES string of the molecule is Cc1cc2c3c(ccc2cc1Br)OC(=O)C3. The molecule has 0 atom stereocenters. The number of halogens is 1. The molecule has 2 nitrogen and oxygen atoms in total. The molecule has 0 amide bonds. The molecule has 1 heterocycles. The van der Waals surface area contributed by atoms with Crippen molar-refractivity contribution in [2.24, 2.45) is 0 Å². The van der Waals surface area contributed by atoms with Gasteiger partial charge in [-0.1, -0.05) is 22.0 Å². The van der Waals surface area contributed by atoms with Crippen molar-refractivity contribution in [3.63, 3.8) is 0 Å². The molecule has 0 aliphatic carbocycles. The van der Waals surface area contributed by atoms with E-state index >= 15 is 0 Å². The average Bonchev–Trinajstić information content (AvgIpc) is 2.61. The summed E-state index contributed by atoms with van der Waals surface area (Å²) in [5.74, 6) is 0.544. The molecule has 3 heteroatoms. The Balaban J connectivity index is 2.37. The van der Waals surface area contributed by atoms with E-state index in [0.29, 0.717) is 12.2 Å². The highest BCUT2D eigenvalue weighted by atomic mass is 79.9. The molecule has 0 spiro atoms. The van der Waals surface area contributed by atoms with Crippen molar-refractivity contribution >= 4 is 32.7 Å². The Hall–Kier alpha value is -1.35. The van der Waals surface area contributed by atoms with Crippen LogP contribution in [0.4, 0.5) is 0 Å². The van der Waals surface area contributed by atoms with Crippen molar-refractivity contribution in [3.05, 3.63) is 39.9 Å². The van der Waals surface area contributed by atoms with E-state index in [9.17, 15) is 4.79 Å². The van der Waals surface area contributed by atoms with Gasteiger partial charge in [0, 0.05) is 10.0 Å². The van der Waals surface area contributed by atoms with Crippen molar-refractivity contribution < 1.29 is 9.53 Å². The van der Waals surface area contributed by atoms with Crippen molar-refractivity contribution in [1.29, 1.82) is 0 Å². The third kappa shape index (κ3) is 1.35. The summed E-state index contributed by atoms with van der Waals surface area (Å²) >= 11 is 3.51. The smallest absolute Gasteiger partial charge is 0.315 e. The Labute approximate surface area is 101 Å². The number of benzene rings is 2. The van der Waals surface area contributed by atoms with E-state index in [-0.39, 0.29) is 5.97 Å². The van der Waals surface area contributed by atoms with Crippen molar-refractivity contribution in [3.8, 4) is 5.75 Å². The maximum Gasteiger partial charge on any atom is 0.315 e. The molecule has 0 unspecified atom stereocenters. The van der Waals surface area contributed by atoms with Gasteiger partial charge in [0.25, 0.3) is 0 Å². The molecule has 0 saturated heterocycles. The second kappa shape index (κ2) is 3.32. The minimum Gasteiger partial charge on any atom is -0.426 e. The lowest BCUT2D eigenvalue weighted by Gasteiger charge is -2.06. The minimum absolute atomic E-state index is 0.164. The molecule has 80 valence electrons. The maximum absolute atomic E-state index is 11.3. The Kier molecular flexibility index (Phi) is 2.04. The van der Waals surface area contributed by atoms with E-state index in [1.807, 2.05) is 19.1 Å². The van der Waals surface area contributed by atoms with Crippen molar-refractivity contribution in [2.75, 3.05) is 0 Å². The highest BCUT2D eigenvalue weighted by Crippen LogP contribution is 2.35. The lowest BCUT2D eigenvalue weighted by molar-refractivity contribution is -0.131. The van der Waals surface area contributed by atoms with Gasteiger partial charge in [0.15, 0.2) is 0 Å². The van der Waals surface area contributed by atoms with Gasteiger partial charge >= 0.3 is 5.97 Å². The van der Waals surface area contributed by atoms with Crippen LogP contribution in [0.25, 0.3) is 10.8 Å². The number of ether oxygens (including phenoxy) is 1. The zero-order valence-corrected chi connectivity index (χ0v) is 10.3. The summed E-state index contributed by atoms with van der Waals surface area (Å²) in [4.78, 5) is 11.3. The van der Waals surface area contributed by atoms with E-state index < -0.39 is 0 Å². The van der Waals surface area contributed by atoms with E-state index in [2.05, 4.69) is 28.1 Å². The van der Waals surface area contributed by atoms with Gasteiger partial charge in [0.1, 0.15) is 5.75 Å². The van der Waals surface area contributed by atoms with Crippen LogP contribution in [0.3, 0.4) is 0 Å².